The Kier molecular flexibility index (Phi) is 34.3. The van der Waals surface area contributed by atoms with Gasteiger partial charge < -0.3 is 67.2 Å². The monoisotopic (exact) mass is 1430 g/mol. The second-order valence-corrected chi connectivity index (χ2v) is 28.7. The van der Waals surface area contributed by atoms with E-state index in [0.717, 1.165) is 112 Å². The first kappa shape index (κ1) is 83.1. The van der Waals surface area contributed by atoms with Gasteiger partial charge in [0.2, 0.25) is 0 Å². The van der Waals surface area contributed by atoms with Crippen LogP contribution in [0.5, 0.6) is 0 Å². The molecule has 16 nitrogen and oxygen atoms in total. The van der Waals surface area contributed by atoms with Crippen molar-refractivity contribution < 1.29 is 85.2 Å². The fraction of sp³-hybridized carbons (Fsp3) is 0.494. The van der Waals surface area contributed by atoms with Crippen LogP contribution >= 0.6 is 23.2 Å². The van der Waals surface area contributed by atoms with Crippen LogP contribution in [-0.4, -0.2) is 159 Å². The molecule has 0 saturated heterocycles. The number of benzene rings is 4. The molecular weight excluding hydrogens is 1320 g/mol. The van der Waals surface area contributed by atoms with Gasteiger partial charge in [0.1, 0.15) is 10.1 Å². The third-order valence-corrected chi connectivity index (χ3v) is 20.4. The van der Waals surface area contributed by atoms with Gasteiger partial charge in [-0.15, -0.1) is 0 Å². The standard InChI is InChI=1S/C45H63ClN2O9S.C19H29NO3.C15H16ClN.Na/c1-33-11-15-39-37(31-33)44(2,3)41(47(39)19-21-54-27-29-56-25-23-52-6)17-12-34-9-8-10-35(43(34)46)13-18-42-45(4,5)38-32-36(58(49,50)51)14-16-40(38)48(42)20-22-55-28-30-57-26-24-53-7;1-15-6-7-18-17(14-15)19(3,4)16(2)20(18)8-9-22-12-13-23-11-10-21-5;1-2-12-7-6-8-13(15(12)16)11-17-14-9-4-3-5-10-14;/h11-18,31-32,41H,8-10,19-30H2,1-7H3,(H,49,50,51);6-7,14H,2,8-13H2,1,3-5H3;2-5,9-11,17H,1,6-8H2;/q;;;+1/p-1/b17-12+,35-13+,42-18+;;13-11+;. The van der Waals surface area contributed by atoms with Gasteiger partial charge in [-0.3, -0.25) is 0 Å². The molecule has 0 radical (unpaired) electrons. The van der Waals surface area contributed by atoms with E-state index in [4.69, 9.17) is 65.8 Å². The topological polar surface area (TPSA) is 162 Å². The van der Waals surface area contributed by atoms with E-state index in [0.29, 0.717) is 106 Å². The minimum atomic E-state index is -4.63. The fourth-order valence-corrected chi connectivity index (χ4v) is 14.1. The maximum absolute atomic E-state index is 12.0. The first-order chi connectivity index (χ1) is 47.0. The van der Waals surface area contributed by atoms with E-state index >= 15 is 0 Å². The molecule has 0 bridgehead atoms. The zero-order valence-electron chi connectivity index (χ0n) is 60.9. The summed E-state index contributed by atoms with van der Waals surface area (Å²) in [5.41, 5.74) is 16.2. The average molecular weight is 1430 g/mol. The van der Waals surface area contributed by atoms with E-state index in [9.17, 15) is 13.0 Å². The molecule has 1 unspecified atom stereocenters. The predicted octanol–water partition coefficient (Wildman–Crippen LogP) is 12.7. The molecule has 99 heavy (non-hydrogen) atoms. The Bertz CT molecular complexity index is 3590. The number of halogens is 2. The number of methoxy groups -OCH3 is 3. The maximum atomic E-state index is 12.0. The summed E-state index contributed by atoms with van der Waals surface area (Å²) in [5.74, 6) is 0. The molecule has 0 saturated carbocycles. The van der Waals surface area contributed by atoms with Crippen molar-refractivity contribution in [3.05, 3.63) is 206 Å². The van der Waals surface area contributed by atoms with Crippen LogP contribution in [-0.2, 0) is 69.0 Å². The second-order valence-electron chi connectivity index (χ2n) is 26.6. The molecular formula is C79H107Cl2N4NaO12S. The van der Waals surface area contributed by atoms with Crippen LogP contribution in [0.1, 0.15) is 108 Å². The van der Waals surface area contributed by atoms with Gasteiger partial charge in [-0.1, -0.05) is 156 Å². The first-order valence-electron chi connectivity index (χ1n) is 34.3. The van der Waals surface area contributed by atoms with Crippen LogP contribution in [0.25, 0.3) is 0 Å². The van der Waals surface area contributed by atoms with Crippen molar-refractivity contribution in [3.63, 3.8) is 0 Å². The summed E-state index contributed by atoms with van der Waals surface area (Å²) in [4.78, 5) is 6.64. The van der Waals surface area contributed by atoms with Crippen molar-refractivity contribution in [2.75, 3.05) is 160 Å². The molecule has 0 fully saturated rings. The molecule has 2 aliphatic carbocycles. The van der Waals surface area contributed by atoms with E-state index in [-0.39, 0.29) is 51.3 Å². The Balaban J connectivity index is 0.000000304. The number of rotatable bonds is 34. The molecule has 5 aliphatic rings. The second kappa shape index (κ2) is 40.8. The van der Waals surface area contributed by atoms with Gasteiger partial charge in [0.15, 0.2) is 0 Å². The molecule has 4 aromatic carbocycles. The summed E-state index contributed by atoms with van der Waals surface area (Å²) >= 11 is 13.6. The van der Waals surface area contributed by atoms with Gasteiger partial charge in [-0.2, -0.15) is 0 Å². The largest absolute Gasteiger partial charge is 1.00 e. The number of anilines is 4. The third kappa shape index (κ3) is 23.1. The van der Waals surface area contributed by atoms with Gasteiger partial charge in [0.25, 0.3) is 0 Å². The Hall–Kier alpha value is -4.87. The van der Waals surface area contributed by atoms with Gasteiger partial charge >= 0.3 is 29.6 Å². The fourth-order valence-electron chi connectivity index (χ4n) is 12.9. The molecule has 1 atom stereocenters. The third-order valence-electron chi connectivity index (χ3n) is 18.6. The minimum absolute atomic E-state index is 0. The Morgan fingerprint density at radius 3 is 1.61 bits per heavy atom. The average Bonchev–Trinajstić information content (AvgIpc) is 1.60. The van der Waals surface area contributed by atoms with E-state index in [2.05, 4.69) is 135 Å². The van der Waals surface area contributed by atoms with Gasteiger partial charge in [-0.05, 0) is 140 Å². The molecule has 0 aromatic heterocycles. The molecule has 0 amide bonds. The van der Waals surface area contributed by atoms with Crippen LogP contribution in [0, 0.1) is 13.8 Å². The number of hydrogen-bond acceptors (Lipinski definition) is 16. The van der Waals surface area contributed by atoms with Crippen molar-refractivity contribution >= 4 is 56.1 Å². The number of nitrogens with zero attached hydrogens (tertiary/aromatic N) is 3. The minimum Gasteiger partial charge on any atom is -0.744 e. The molecule has 3 heterocycles. The first-order valence-corrected chi connectivity index (χ1v) is 36.4. The van der Waals surface area contributed by atoms with Gasteiger partial charge in [0.05, 0.1) is 110 Å². The van der Waals surface area contributed by atoms with Crippen molar-refractivity contribution in [1.82, 2.24) is 0 Å². The zero-order valence-corrected chi connectivity index (χ0v) is 65.2. The van der Waals surface area contributed by atoms with E-state index in [1.54, 1.807) is 27.4 Å². The molecule has 536 valence electrons. The van der Waals surface area contributed by atoms with Crippen LogP contribution in [0.4, 0.5) is 22.7 Å². The summed E-state index contributed by atoms with van der Waals surface area (Å²) in [6.45, 7) is 35.8. The zero-order chi connectivity index (χ0) is 70.9. The molecule has 20 heteroatoms. The summed E-state index contributed by atoms with van der Waals surface area (Å²) in [6.07, 6.45) is 18.4. The van der Waals surface area contributed by atoms with E-state index < -0.39 is 15.5 Å². The number of aryl methyl sites for hydroxylation is 2. The van der Waals surface area contributed by atoms with E-state index in [1.165, 1.54) is 45.8 Å². The number of allylic oxidation sites excluding steroid dienone is 12. The van der Waals surface area contributed by atoms with Crippen molar-refractivity contribution in [2.24, 2.45) is 0 Å². The van der Waals surface area contributed by atoms with Crippen molar-refractivity contribution in [1.29, 1.82) is 0 Å². The molecule has 3 aliphatic heterocycles. The number of fused-ring (bicyclic) bond motifs is 3. The van der Waals surface area contributed by atoms with Crippen molar-refractivity contribution in [3.8, 4) is 0 Å². The van der Waals surface area contributed by atoms with Crippen LogP contribution in [0.15, 0.2) is 183 Å². The summed E-state index contributed by atoms with van der Waals surface area (Å²) in [5, 5.41) is 4.88. The quantitative estimate of drug-likeness (QED) is 0.0267. The number of hydrogen-bond donors (Lipinski definition) is 1. The van der Waals surface area contributed by atoms with Gasteiger partial charge in [-0.25, -0.2) is 8.42 Å². The number of para-hydroxylation sites is 1. The van der Waals surface area contributed by atoms with Crippen LogP contribution in [0.2, 0.25) is 0 Å². The number of nitrogens with one attached hydrogen (secondary N) is 1. The summed E-state index contributed by atoms with van der Waals surface area (Å²) < 4.78 is 85.2. The molecule has 1 N–H and O–H groups in total. The Morgan fingerprint density at radius 2 is 1.04 bits per heavy atom. The smallest absolute Gasteiger partial charge is 0.744 e. The molecule has 0 spiro atoms. The van der Waals surface area contributed by atoms with Crippen LogP contribution < -0.4 is 49.6 Å². The SMILES string of the molecule is C=C1N(CCOCCOCCOC)c2ccc(C)cc2C1(C)C.C=CC1=C(Cl)/C(=C/Nc2ccccc2)CCC1.COCCOCCOCCN1/C(=C/C=C2\CCCC(/C=C/C3N(CCOCCOCCOC)c4ccc(C)cc4C3(C)C)=C2Cl)C(C)(C)c2cc(S(=O)(=O)[O-])ccc21.[Na+]. The summed E-state index contributed by atoms with van der Waals surface area (Å²) in [7, 11) is 0.335. The van der Waals surface area contributed by atoms with Crippen molar-refractivity contribution in [2.45, 2.75) is 121 Å². The molecule has 9 rings (SSSR count). The number of ether oxygens (including phenoxy) is 9. The van der Waals surface area contributed by atoms with Gasteiger partial charge in [0, 0.05) is 108 Å². The normalized spacial score (nSPS) is 18.7. The Morgan fingerprint density at radius 1 is 0.566 bits per heavy atom. The predicted molar refractivity (Wildman–Crippen MR) is 398 cm³/mol. The summed E-state index contributed by atoms with van der Waals surface area (Å²) in [6, 6.07) is 28.1. The van der Waals surface area contributed by atoms with E-state index in [1.807, 2.05) is 56.5 Å². The van der Waals surface area contributed by atoms with Crippen LogP contribution in [0.3, 0.4) is 0 Å². The molecule has 4 aromatic rings. The maximum Gasteiger partial charge on any atom is 1.00 e. The Labute approximate surface area is 624 Å².